The van der Waals surface area contributed by atoms with Crippen molar-refractivity contribution < 1.29 is 18.7 Å². The molecule has 8 heteroatoms. The smallest absolute Gasteiger partial charge is 0.338 e. The number of benzene rings is 1. The highest BCUT2D eigenvalue weighted by atomic mass is 127. The number of carbonyl (C=O) groups excluding carboxylic acids is 1. The molecule has 0 aromatic heterocycles. The summed E-state index contributed by atoms with van der Waals surface area (Å²) in [6.07, 6.45) is 0. The molecule has 0 saturated carbocycles. The zero-order valence-electron chi connectivity index (χ0n) is 12.8. The molecule has 1 unspecified atom stereocenters. The summed E-state index contributed by atoms with van der Waals surface area (Å²) in [5.41, 5.74) is 6.44. The summed E-state index contributed by atoms with van der Waals surface area (Å²) in [6, 6.07) is 5.12. The fourth-order valence-corrected chi connectivity index (χ4v) is 3.91. The Bertz CT molecular complexity index is 814. The van der Waals surface area contributed by atoms with E-state index in [9.17, 15) is 14.4 Å². The average molecular weight is 507 g/mol. The van der Waals surface area contributed by atoms with Gasteiger partial charge in [0.25, 0.3) is 0 Å². The first kappa shape index (κ1) is 18.7. The van der Waals surface area contributed by atoms with Crippen molar-refractivity contribution in [1.29, 1.82) is 5.26 Å². The normalized spacial score (nSPS) is 17.4. The van der Waals surface area contributed by atoms with Gasteiger partial charge < -0.3 is 15.2 Å². The van der Waals surface area contributed by atoms with Crippen LogP contribution in [0.15, 0.2) is 39.4 Å². The van der Waals surface area contributed by atoms with Crippen molar-refractivity contribution in [2.45, 2.75) is 19.8 Å². The lowest BCUT2D eigenvalue weighted by molar-refractivity contribution is -0.139. The standard InChI is InChI=1S/C16H13BrFIN2O3/c1-3-23-16(22)11-7(2)24-15(21)9(6-20)12(11)8-4-5-10(17)13(18)14(8)19/h4-5,12H,3,21H2,1-2H3. The lowest BCUT2D eigenvalue weighted by Gasteiger charge is -2.27. The summed E-state index contributed by atoms with van der Waals surface area (Å²) in [5.74, 6) is -1.82. The molecule has 1 atom stereocenters. The van der Waals surface area contributed by atoms with Gasteiger partial charge in [0.1, 0.15) is 17.4 Å². The van der Waals surface area contributed by atoms with Crippen molar-refractivity contribution in [3.8, 4) is 6.07 Å². The monoisotopic (exact) mass is 506 g/mol. The Morgan fingerprint density at radius 2 is 2.25 bits per heavy atom. The number of rotatable bonds is 3. The largest absolute Gasteiger partial charge is 0.463 e. The molecule has 2 N–H and O–H groups in total. The Morgan fingerprint density at radius 1 is 1.58 bits per heavy atom. The number of nitrogens with two attached hydrogens (primary N) is 1. The summed E-state index contributed by atoms with van der Waals surface area (Å²) in [4.78, 5) is 12.4. The molecule has 0 saturated heterocycles. The minimum atomic E-state index is -0.850. The highest BCUT2D eigenvalue weighted by Crippen LogP contribution is 2.42. The van der Waals surface area contributed by atoms with E-state index in [1.807, 2.05) is 28.7 Å². The Hall–Kier alpha value is -1.60. The molecule has 126 valence electrons. The third-order valence-electron chi connectivity index (χ3n) is 3.48. The van der Waals surface area contributed by atoms with E-state index in [0.29, 0.717) is 5.56 Å². The Labute approximate surface area is 160 Å². The Kier molecular flexibility index (Phi) is 5.87. The minimum Gasteiger partial charge on any atom is -0.463 e. The van der Waals surface area contributed by atoms with E-state index in [4.69, 9.17) is 15.2 Å². The van der Waals surface area contributed by atoms with E-state index in [1.54, 1.807) is 19.9 Å². The fraction of sp³-hybridized carbons (Fsp3) is 0.250. The Morgan fingerprint density at radius 3 is 2.83 bits per heavy atom. The number of nitrogens with zero attached hydrogens (tertiary/aromatic N) is 1. The third-order valence-corrected chi connectivity index (χ3v) is 5.19. The number of nitriles is 1. The van der Waals surface area contributed by atoms with Crippen LogP contribution in [0, 0.1) is 20.7 Å². The number of carbonyl (C=O) groups is 1. The molecule has 1 aromatic carbocycles. The van der Waals surface area contributed by atoms with Crippen LogP contribution >= 0.6 is 38.5 Å². The molecule has 1 aromatic rings. The third kappa shape index (κ3) is 3.28. The maximum Gasteiger partial charge on any atom is 0.338 e. The minimum absolute atomic E-state index is 0.0447. The van der Waals surface area contributed by atoms with Crippen LogP contribution in [0.2, 0.25) is 0 Å². The predicted octanol–water partition coefficient (Wildman–Crippen LogP) is 3.84. The second kappa shape index (κ2) is 7.53. The molecule has 2 rings (SSSR count). The lowest BCUT2D eigenvalue weighted by atomic mass is 9.83. The van der Waals surface area contributed by atoms with Crippen LogP contribution in [0.25, 0.3) is 0 Å². The number of esters is 1. The van der Waals surface area contributed by atoms with E-state index in [2.05, 4.69) is 15.9 Å². The molecule has 0 amide bonds. The van der Waals surface area contributed by atoms with Crippen molar-refractivity contribution in [3.63, 3.8) is 0 Å². The first-order valence-electron chi connectivity index (χ1n) is 6.92. The molecule has 0 radical (unpaired) electrons. The molecular weight excluding hydrogens is 494 g/mol. The van der Waals surface area contributed by atoms with Crippen molar-refractivity contribution in [3.05, 3.63) is 54.3 Å². The average Bonchev–Trinajstić information content (AvgIpc) is 2.52. The van der Waals surface area contributed by atoms with Gasteiger partial charge in [-0.15, -0.1) is 0 Å². The summed E-state index contributed by atoms with van der Waals surface area (Å²) in [7, 11) is 0. The number of allylic oxidation sites excluding steroid dienone is 2. The molecule has 1 heterocycles. The molecule has 0 bridgehead atoms. The fourth-order valence-electron chi connectivity index (χ4n) is 2.43. The van der Waals surface area contributed by atoms with Crippen LogP contribution in [0.4, 0.5) is 4.39 Å². The van der Waals surface area contributed by atoms with Gasteiger partial charge in [0.15, 0.2) is 5.82 Å². The second-order valence-corrected chi connectivity index (χ2v) is 6.81. The Balaban J connectivity index is 2.72. The van der Waals surface area contributed by atoms with Gasteiger partial charge in [-0.05, 0) is 64.0 Å². The summed E-state index contributed by atoms with van der Waals surface area (Å²) in [6.45, 7) is 3.39. The highest BCUT2D eigenvalue weighted by Gasteiger charge is 2.37. The zero-order chi connectivity index (χ0) is 18.0. The van der Waals surface area contributed by atoms with Gasteiger partial charge >= 0.3 is 5.97 Å². The molecule has 5 nitrogen and oxygen atoms in total. The molecule has 1 aliphatic rings. The van der Waals surface area contributed by atoms with E-state index >= 15 is 0 Å². The lowest BCUT2D eigenvalue weighted by Crippen LogP contribution is -2.26. The van der Waals surface area contributed by atoms with Gasteiger partial charge in [-0.25, -0.2) is 9.18 Å². The molecule has 1 aliphatic heterocycles. The van der Waals surface area contributed by atoms with Crippen LogP contribution in [0.3, 0.4) is 0 Å². The molecular formula is C16H13BrFIN2O3. The van der Waals surface area contributed by atoms with Crippen molar-refractivity contribution in [2.75, 3.05) is 6.61 Å². The van der Waals surface area contributed by atoms with Crippen molar-refractivity contribution in [2.24, 2.45) is 5.73 Å². The van der Waals surface area contributed by atoms with E-state index in [-0.39, 0.29) is 37.4 Å². The van der Waals surface area contributed by atoms with E-state index in [1.165, 1.54) is 6.07 Å². The van der Waals surface area contributed by atoms with Gasteiger partial charge in [-0.2, -0.15) is 5.26 Å². The highest BCUT2D eigenvalue weighted by molar-refractivity contribution is 14.1. The predicted molar refractivity (Wildman–Crippen MR) is 96.8 cm³/mol. The molecule has 24 heavy (non-hydrogen) atoms. The second-order valence-electron chi connectivity index (χ2n) is 4.88. The summed E-state index contributed by atoms with van der Waals surface area (Å²) in [5, 5.41) is 9.48. The molecule has 0 aliphatic carbocycles. The van der Waals surface area contributed by atoms with Crippen molar-refractivity contribution in [1.82, 2.24) is 0 Å². The first-order valence-corrected chi connectivity index (χ1v) is 8.79. The number of ether oxygens (including phenoxy) is 2. The number of halogens is 3. The van der Waals surface area contributed by atoms with Crippen LogP contribution in [0.5, 0.6) is 0 Å². The van der Waals surface area contributed by atoms with E-state index in [0.717, 1.165) is 0 Å². The van der Waals surface area contributed by atoms with E-state index < -0.39 is 17.7 Å². The molecule has 0 spiro atoms. The number of hydrogen-bond donors (Lipinski definition) is 1. The van der Waals surface area contributed by atoms with Gasteiger partial charge in [0.05, 0.1) is 26.1 Å². The topological polar surface area (TPSA) is 85.3 Å². The van der Waals surface area contributed by atoms with Gasteiger partial charge in [-0.3, -0.25) is 0 Å². The van der Waals surface area contributed by atoms with Crippen LogP contribution in [-0.2, 0) is 14.3 Å². The van der Waals surface area contributed by atoms with Gasteiger partial charge in [0, 0.05) is 0 Å². The van der Waals surface area contributed by atoms with Crippen LogP contribution in [0.1, 0.15) is 25.3 Å². The maximum atomic E-state index is 14.3. The number of hydrogen-bond acceptors (Lipinski definition) is 5. The molecule has 0 fully saturated rings. The summed E-state index contributed by atoms with van der Waals surface area (Å²) >= 11 is 4.95. The maximum absolute atomic E-state index is 14.3. The van der Waals surface area contributed by atoms with Crippen LogP contribution in [-0.4, -0.2) is 12.6 Å². The quantitative estimate of drug-likeness (QED) is 0.382. The van der Waals surface area contributed by atoms with Crippen molar-refractivity contribution >= 4 is 44.5 Å². The van der Waals surface area contributed by atoms with Crippen LogP contribution < -0.4 is 5.73 Å². The zero-order valence-corrected chi connectivity index (χ0v) is 16.6. The first-order chi connectivity index (χ1) is 11.3. The SMILES string of the molecule is CCOC(=O)C1=C(C)OC(N)=C(C#N)C1c1ccc(Br)c(F)c1I. The van der Waals surface area contributed by atoms with Gasteiger partial charge in [0.2, 0.25) is 5.88 Å². The summed E-state index contributed by atoms with van der Waals surface area (Å²) < 4.78 is 25.3. The van der Waals surface area contributed by atoms with Gasteiger partial charge in [-0.1, -0.05) is 6.07 Å².